The first-order chi connectivity index (χ1) is 12.7. The van der Waals surface area contributed by atoms with Crippen molar-refractivity contribution in [2.75, 3.05) is 24.8 Å². The molecule has 0 bridgehead atoms. The number of methoxy groups -OCH3 is 1. The number of amides is 1. The van der Waals surface area contributed by atoms with E-state index in [0.717, 1.165) is 5.69 Å². The molecule has 3 rings (SSSR count). The Kier molecular flexibility index (Phi) is 5.34. The van der Waals surface area contributed by atoms with E-state index in [1.54, 1.807) is 43.6 Å². The zero-order chi connectivity index (χ0) is 18.4. The average Bonchev–Trinajstić information content (AvgIpc) is 2.70. The van der Waals surface area contributed by atoms with E-state index in [1.165, 1.54) is 0 Å². The van der Waals surface area contributed by atoms with E-state index >= 15 is 0 Å². The summed E-state index contributed by atoms with van der Waals surface area (Å²) >= 11 is 0. The van der Waals surface area contributed by atoms with Crippen LogP contribution in [0.3, 0.4) is 0 Å². The fourth-order valence-corrected chi connectivity index (χ4v) is 2.33. The van der Waals surface area contributed by atoms with Crippen molar-refractivity contribution < 1.29 is 14.3 Å². The third-order valence-corrected chi connectivity index (χ3v) is 3.70. The van der Waals surface area contributed by atoms with Gasteiger partial charge in [-0.3, -0.25) is 4.79 Å². The molecular formula is C20H19N3O3. The number of carbonyl (C=O) groups excluding carboxylic acids is 1. The predicted molar refractivity (Wildman–Crippen MR) is 101 cm³/mol. The van der Waals surface area contributed by atoms with Crippen LogP contribution in [0.15, 0.2) is 66.9 Å². The normalized spacial score (nSPS) is 10.1. The molecule has 1 aromatic heterocycles. The minimum atomic E-state index is -0.189. The smallest absolute Gasteiger partial charge is 0.255 e. The van der Waals surface area contributed by atoms with Crippen LogP contribution in [0.2, 0.25) is 0 Å². The summed E-state index contributed by atoms with van der Waals surface area (Å²) in [5.41, 5.74) is 2.09. The molecule has 0 radical (unpaired) electrons. The largest absolute Gasteiger partial charge is 0.493 e. The number of nitrogens with one attached hydrogen (secondary N) is 2. The molecule has 0 spiro atoms. The lowest BCUT2D eigenvalue weighted by atomic mass is 10.2. The SMILES string of the molecule is CNc1ccc(Oc2ccc(NC(=O)c3ccccc3)cn2)c(OC)c1. The predicted octanol–water partition coefficient (Wildman–Crippen LogP) is 4.18. The molecular weight excluding hydrogens is 330 g/mol. The lowest BCUT2D eigenvalue weighted by Gasteiger charge is -2.11. The summed E-state index contributed by atoms with van der Waals surface area (Å²) in [6.07, 6.45) is 1.55. The van der Waals surface area contributed by atoms with E-state index in [-0.39, 0.29) is 5.91 Å². The molecule has 0 aliphatic carbocycles. The molecule has 132 valence electrons. The summed E-state index contributed by atoms with van der Waals surface area (Å²) in [4.78, 5) is 16.4. The minimum absolute atomic E-state index is 0.189. The first-order valence-corrected chi connectivity index (χ1v) is 8.05. The molecule has 2 N–H and O–H groups in total. The van der Waals surface area contributed by atoms with Crippen molar-refractivity contribution in [1.29, 1.82) is 0 Å². The van der Waals surface area contributed by atoms with Crippen LogP contribution < -0.4 is 20.1 Å². The van der Waals surface area contributed by atoms with E-state index in [4.69, 9.17) is 9.47 Å². The maximum atomic E-state index is 12.1. The quantitative estimate of drug-likeness (QED) is 0.698. The van der Waals surface area contributed by atoms with Crippen molar-refractivity contribution in [3.05, 3.63) is 72.4 Å². The number of hydrogen-bond donors (Lipinski definition) is 2. The van der Waals surface area contributed by atoms with Crippen molar-refractivity contribution in [2.24, 2.45) is 0 Å². The fourth-order valence-electron chi connectivity index (χ4n) is 2.33. The molecule has 0 saturated carbocycles. The number of rotatable bonds is 6. The fraction of sp³-hybridized carbons (Fsp3) is 0.100. The number of benzene rings is 2. The first kappa shape index (κ1) is 17.3. The zero-order valence-corrected chi connectivity index (χ0v) is 14.5. The second-order valence-electron chi connectivity index (χ2n) is 5.42. The Labute approximate surface area is 151 Å². The van der Waals surface area contributed by atoms with Gasteiger partial charge in [0, 0.05) is 30.4 Å². The minimum Gasteiger partial charge on any atom is -0.493 e. The Morgan fingerprint density at radius 3 is 2.38 bits per heavy atom. The van der Waals surface area contributed by atoms with Gasteiger partial charge in [0.25, 0.3) is 5.91 Å². The van der Waals surface area contributed by atoms with Crippen molar-refractivity contribution in [3.63, 3.8) is 0 Å². The molecule has 0 atom stereocenters. The molecule has 3 aromatic rings. The molecule has 26 heavy (non-hydrogen) atoms. The number of nitrogens with zero attached hydrogens (tertiary/aromatic N) is 1. The number of aromatic nitrogens is 1. The molecule has 0 aliphatic heterocycles. The van der Waals surface area contributed by atoms with Gasteiger partial charge in [0.1, 0.15) is 0 Å². The van der Waals surface area contributed by atoms with Crippen LogP contribution in [-0.4, -0.2) is 25.0 Å². The highest BCUT2D eigenvalue weighted by molar-refractivity contribution is 6.04. The van der Waals surface area contributed by atoms with Crippen molar-refractivity contribution in [1.82, 2.24) is 4.98 Å². The Balaban J connectivity index is 1.69. The summed E-state index contributed by atoms with van der Waals surface area (Å²) in [7, 11) is 3.41. The Bertz CT molecular complexity index is 881. The summed E-state index contributed by atoms with van der Waals surface area (Å²) in [5, 5.41) is 5.84. The van der Waals surface area contributed by atoms with Crippen molar-refractivity contribution >= 4 is 17.3 Å². The standard InChI is InChI=1S/C20H19N3O3/c1-21-15-8-10-17(18(12-15)25-2)26-19-11-9-16(13-22-19)23-20(24)14-6-4-3-5-7-14/h3-13,21H,1-2H3,(H,23,24). The first-order valence-electron chi connectivity index (χ1n) is 8.05. The van der Waals surface area contributed by atoms with Crippen LogP contribution in [0.5, 0.6) is 17.4 Å². The summed E-state index contributed by atoms with van der Waals surface area (Å²) in [5.74, 6) is 1.36. The van der Waals surface area contributed by atoms with E-state index in [2.05, 4.69) is 15.6 Å². The summed E-state index contributed by atoms with van der Waals surface area (Å²) in [6, 6.07) is 17.9. The molecule has 0 saturated heterocycles. The summed E-state index contributed by atoms with van der Waals surface area (Å²) in [6.45, 7) is 0. The highest BCUT2D eigenvalue weighted by Crippen LogP contribution is 2.33. The topological polar surface area (TPSA) is 72.5 Å². The molecule has 6 heteroatoms. The van der Waals surface area contributed by atoms with Gasteiger partial charge < -0.3 is 20.1 Å². The Hall–Kier alpha value is -3.54. The number of anilines is 2. The average molecular weight is 349 g/mol. The molecule has 0 unspecified atom stereocenters. The molecule has 1 amide bonds. The highest BCUT2D eigenvalue weighted by atomic mass is 16.5. The zero-order valence-electron chi connectivity index (χ0n) is 14.5. The van der Waals surface area contributed by atoms with E-state index < -0.39 is 0 Å². The van der Waals surface area contributed by atoms with Crippen LogP contribution in [0.4, 0.5) is 11.4 Å². The monoisotopic (exact) mass is 349 g/mol. The van der Waals surface area contributed by atoms with Gasteiger partial charge in [-0.25, -0.2) is 4.98 Å². The van der Waals surface area contributed by atoms with Crippen LogP contribution in [0, 0.1) is 0 Å². The Morgan fingerprint density at radius 2 is 1.73 bits per heavy atom. The number of hydrogen-bond acceptors (Lipinski definition) is 5. The van der Waals surface area contributed by atoms with E-state index in [9.17, 15) is 4.79 Å². The van der Waals surface area contributed by atoms with Gasteiger partial charge in [-0.05, 0) is 30.3 Å². The number of ether oxygens (including phenoxy) is 2. The van der Waals surface area contributed by atoms with Gasteiger partial charge in [0.2, 0.25) is 5.88 Å². The van der Waals surface area contributed by atoms with Gasteiger partial charge in [-0.15, -0.1) is 0 Å². The second-order valence-corrected chi connectivity index (χ2v) is 5.42. The van der Waals surface area contributed by atoms with Crippen molar-refractivity contribution in [2.45, 2.75) is 0 Å². The lowest BCUT2D eigenvalue weighted by molar-refractivity contribution is 0.102. The highest BCUT2D eigenvalue weighted by Gasteiger charge is 2.09. The van der Waals surface area contributed by atoms with Crippen molar-refractivity contribution in [3.8, 4) is 17.4 Å². The van der Waals surface area contributed by atoms with Crippen LogP contribution in [0.1, 0.15) is 10.4 Å². The van der Waals surface area contributed by atoms with E-state index in [1.807, 2.05) is 37.4 Å². The van der Waals surface area contributed by atoms with Gasteiger partial charge in [0.15, 0.2) is 11.5 Å². The second kappa shape index (κ2) is 8.02. The summed E-state index contributed by atoms with van der Waals surface area (Å²) < 4.78 is 11.1. The van der Waals surface area contributed by atoms with E-state index in [0.29, 0.717) is 28.6 Å². The molecule has 1 heterocycles. The number of pyridine rings is 1. The molecule has 0 fully saturated rings. The third-order valence-electron chi connectivity index (χ3n) is 3.70. The number of carbonyl (C=O) groups is 1. The van der Waals surface area contributed by atoms with Crippen LogP contribution >= 0.6 is 0 Å². The van der Waals surface area contributed by atoms with Gasteiger partial charge in [0.05, 0.1) is 19.0 Å². The van der Waals surface area contributed by atoms with Crippen LogP contribution in [-0.2, 0) is 0 Å². The van der Waals surface area contributed by atoms with Gasteiger partial charge in [-0.1, -0.05) is 18.2 Å². The van der Waals surface area contributed by atoms with Crippen LogP contribution in [0.25, 0.3) is 0 Å². The molecule has 0 aliphatic rings. The lowest BCUT2D eigenvalue weighted by Crippen LogP contribution is -2.11. The maximum absolute atomic E-state index is 12.1. The maximum Gasteiger partial charge on any atom is 0.255 e. The van der Waals surface area contributed by atoms with Gasteiger partial charge in [-0.2, -0.15) is 0 Å². The third kappa shape index (κ3) is 4.10. The van der Waals surface area contributed by atoms with Gasteiger partial charge >= 0.3 is 0 Å². The molecule has 2 aromatic carbocycles. The molecule has 6 nitrogen and oxygen atoms in total. The Morgan fingerprint density at radius 1 is 0.962 bits per heavy atom.